The molecule has 1 unspecified atom stereocenters. The summed E-state index contributed by atoms with van der Waals surface area (Å²) in [4.78, 5) is 31.1. The minimum Gasteiger partial charge on any atom is -0.338 e. The first-order chi connectivity index (χ1) is 11.2. The third kappa shape index (κ3) is 4.92. The van der Waals surface area contributed by atoms with Gasteiger partial charge in [0, 0.05) is 31.0 Å². The summed E-state index contributed by atoms with van der Waals surface area (Å²) in [6, 6.07) is 5.03. The Hall–Kier alpha value is -1.67. The molecule has 2 aromatic heterocycles. The topological polar surface area (TPSA) is 88.3 Å². The van der Waals surface area contributed by atoms with E-state index in [1.807, 2.05) is 10.3 Å². The van der Waals surface area contributed by atoms with Gasteiger partial charge in [-0.2, -0.15) is 0 Å². The molecule has 0 bridgehead atoms. The molecule has 0 aliphatic carbocycles. The van der Waals surface area contributed by atoms with E-state index < -0.39 is 0 Å². The van der Waals surface area contributed by atoms with Gasteiger partial charge in [0.15, 0.2) is 0 Å². The third-order valence-corrected chi connectivity index (χ3v) is 4.86. The van der Waals surface area contributed by atoms with E-state index in [0.717, 1.165) is 13.0 Å². The summed E-state index contributed by atoms with van der Waals surface area (Å²) in [6.07, 6.45) is 4.06. The van der Waals surface area contributed by atoms with Gasteiger partial charge in [-0.15, -0.1) is 36.2 Å². The van der Waals surface area contributed by atoms with Crippen LogP contribution in [0.25, 0.3) is 0 Å². The van der Waals surface area contributed by atoms with E-state index in [1.54, 1.807) is 30.6 Å². The Balaban J connectivity index is 0.00000156. The Bertz CT molecular complexity index is 711. The number of thiophene rings is 1. The van der Waals surface area contributed by atoms with Crippen molar-refractivity contribution >= 4 is 53.7 Å². The van der Waals surface area contributed by atoms with Crippen molar-refractivity contribution in [3.8, 4) is 0 Å². The van der Waals surface area contributed by atoms with E-state index in [-0.39, 0.29) is 36.6 Å². The molecule has 0 spiro atoms. The number of likely N-dealkylation sites (tertiary alicyclic amines) is 1. The van der Waals surface area contributed by atoms with Crippen LogP contribution in [0.1, 0.15) is 26.5 Å². The highest BCUT2D eigenvalue weighted by molar-refractivity contribution is 7.12. The van der Waals surface area contributed by atoms with Crippen molar-refractivity contribution in [2.45, 2.75) is 6.42 Å². The maximum absolute atomic E-state index is 12.6. The van der Waals surface area contributed by atoms with Gasteiger partial charge in [-0.1, -0.05) is 0 Å². The molecule has 25 heavy (non-hydrogen) atoms. The Labute approximate surface area is 162 Å². The average Bonchev–Trinajstić information content (AvgIpc) is 3.24. The quantitative estimate of drug-likeness (QED) is 0.822. The summed E-state index contributed by atoms with van der Waals surface area (Å²) in [7, 11) is 0. The van der Waals surface area contributed by atoms with Crippen LogP contribution in [0.4, 0.5) is 5.69 Å². The molecule has 1 fully saturated rings. The lowest BCUT2D eigenvalue weighted by Crippen LogP contribution is -2.30. The Morgan fingerprint density at radius 1 is 1.28 bits per heavy atom. The van der Waals surface area contributed by atoms with E-state index >= 15 is 0 Å². The minimum atomic E-state index is -0.249. The van der Waals surface area contributed by atoms with E-state index in [4.69, 9.17) is 5.73 Å². The van der Waals surface area contributed by atoms with Crippen LogP contribution in [0, 0.1) is 5.92 Å². The molecule has 3 heterocycles. The van der Waals surface area contributed by atoms with E-state index in [2.05, 4.69) is 10.3 Å². The van der Waals surface area contributed by atoms with Gasteiger partial charge in [-0.3, -0.25) is 14.6 Å². The molecular formula is C16H20Cl2N4O2S. The lowest BCUT2D eigenvalue weighted by atomic mass is 10.1. The molecule has 2 amide bonds. The number of carbonyl (C=O) groups excluding carboxylic acids is 2. The molecule has 3 N–H and O–H groups in total. The predicted molar refractivity (Wildman–Crippen MR) is 104 cm³/mol. The summed E-state index contributed by atoms with van der Waals surface area (Å²) in [6.45, 7) is 2.00. The fourth-order valence-corrected chi connectivity index (χ4v) is 3.44. The lowest BCUT2D eigenvalue weighted by molar-refractivity contribution is 0.0793. The highest BCUT2D eigenvalue weighted by Gasteiger charge is 2.28. The largest absolute Gasteiger partial charge is 0.338 e. The van der Waals surface area contributed by atoms with Crippen molar-refractivity contribution in [3.63, 3.8) is 0 Å². The summed E-state index contributed by atoms with van der Waals surface area (Å²) in [5.41, 5.74) is 6.74. The van der Waals surface area contributed by atoms with Gasteiger partial charge in [-0.05, 0) is 42.5 Å². The first-order valence-corrected chi connectivity index (χ1v) is 8.35. The maximum Gasteiger partial charge on any atom is 0.266 e. The average molecular weight is 403 g/mol. The number of anilines is 1. The van der Waals surface area contributed by atoms with Gasteiger partial charge < -0.3 is 16.0 Å². The fourth-order valence-electron chi connectivity index (χ4n) is 2.62. The monoisotopic (exact) mass is 402 g/mol. The second kappa shape index (κ2) is 9.72. The second-order valence-corrected chi connectivity index (χ2v) is 6.41. The van der Waals surface area contributed by atoms with Crippen LogP contribution >= 0.6 is 36.2 Å². The van der Waals surface area contributed by atoms with Crippen LogP contribution in [0.2, 0.25) is 0 Å². The van der Waals surface area contributed by atoms with Crippen LogP contribution in [0.15, 0.2) is 36.0 Å². The number of pyridine rings is 1. The van der Waals surface area contributed by atoms with Crippen molar-refractivity contribution in [2.24, 2.45) is 11.7 Å². The molecule has 136 valence electrons. The highest BCUT2D eigenvalue weighted by Crippen LogP contribution is 2.27. The van der Waals surface area contributed by atoms with E-state index in [9.17, 15) is 9.59 Å². The third-order valence-electron chi connectivity index (χ3n) is 3.96. The number of nitrogens with two attached hydrogens (primary N) is 1. The van der Waals surface area contributed by atoms with Crippen molar-refractivity contribution in [1.82, 2.24) is 9.88 Å². The molecule has 1 atom stereocenters. The molecule has 6 nitrogen and oxygen atoms in total. The standard InChI is InChI=1S/C16H18N4O2S.2ClH/c17-9-11-3-7-20(10-11)16(22)14-13(4-8-23-14)19-15(21)12-1-5-18-6-2-12;;/h1-2,4-6,8,11H,3,7,9-10,17H2,(H,19,21);2*1H. The number of nitrogens with one attached hydrogen (secondary N) is 1. The van der Waals surface area contributed by atoms with Crippen molar-refractivity contribution in [3.05, 3.63) is 46.4 Å². The van der Waals surface area contributed by atoms with Crippen LogP contribution in [0.5, 0.6) is 0 Å². The number of hydrogen-bond donors (Lipinski definition) is 2. The van der Waals surface area contributed by atoms with Crippen molar-refractivity contribution < 1.29 is 9.59 Å². The predicted octanol–water partition coefficient (Wildman–Crippen LogP) is 2.66. The molecule has 0 aromatic carbocycles. The number of nitrogens with zero attached hydrogens (tertiary/aromatic N) is 2. The summed E-state index contributed by atoms with van der Waals surface area (Å²) < 4.78 is 0. The Morgan fingerprint density at radius 3 is 2.64 bits per heavy atom. The maximum atomic E-state index is 12.6. The first-order valence-electron chi connectivity index (χ1n) is 7.47. The van der Waals surface area contributed by atoms with Gasteiger partial charge in [0.05, 0.1) is 5.69 Å². The number of rotatable bonds is 4. The van der Waals surface area contributed by atoms with Crippen molar-refractivity contribution in [1.29, 1.82) is 0 Å². The number of carbonyl (C=O) groups is 2. The summed E-state index contributed by atoms with van der Waals surface area (Å²) in [5.74, 6) is 0.0795. The highest BCUT2D eigenvalue weighted by atomic mass is 35.5. The molecule has 1 saturated heterocycles. The minimum absolute atomic E-state index is 0. The molecular weight excluding hydrogens is 383 g/mol. The van der Waals surface area contributed by atoms with E-state index in [1.165, 1.54) is 11.3 Å². The SMILES string of the molecule is Cl.Cl.NCC1CCN(C(=O)c2sccc2NC(=O)c2ccncc2)C1. The molecule has 1 aliphatic heterocycles. The van der Waals surface area contributed by atoms with E-state index in [0.29, 0.717) is 35.1 Å². The van der Waals surface area contributed by atoms with Crippen molar-refractivity contribution in [2.75, 3.05) is 25.0 Å². The molecule has 3 rings (SSSR count). The summed E-state index contributed by atoms with van der Waals surface area (Å²) >= 11 is 1.34. The normalized spacial score (nSPS) is 15.9. The second-order valence-electron chi connectivity index (χ2n) is 5.49. The smallest absolute Gasteiger partial charge is 0.266 e. The number of aromatic nitrogens is 1. The molecule has 0 saturated carbocycles. The number of halogens is 2. The summed E-state index contributed by atoms with van der Waals surface area (Å²) in [5, 5.41) is 4.62. The van der Waals surface area contributed by atoms with Gasteiger partial charge in [0.1, 0.15) is 4.88 Å². The van der Waals surface area contributed by atoms with Crippen LogP contribution in [-0.2, 0) is 0 Å². The zero-order valence-corrected chi connectivity index (χ0v) is 15.8. The Kier molecular flexibility index (Phi) is 8.31. The van der Waals surface area contributed by atoms with Crippen LogP contribution in [-0.4, -0.2) is 41.3 Å². The van der Waals surface area contributed by atoms with Gasteiger partial charge in [0.25, 0.3) is 11.8 Å². The van der Waals surface area contributed by atoms with Gasteiger partial charge in [-0.25, -0.2) is 0 Å². The van der Waals surface area contributed by atoms with Crippen LogP contribution in [0.3, 0.4) is 0 Å². The first kappa shape index (κ1) is 21.4. The Morgan fingerprint density at radius 2 is 2.00 bits per heavy atom. The molecule has 1 aliphatic rings. The fraction of sp³-hybridized carbons (Fsp3) is 0.312. The van der Waals surface area contributed by atoms with Gasteiger partial charge in [0.2, 0.25) is 0 Å². The molecule has 9 heteroatoms. The molecule has 2 aromatic rings. The number of hydrogen-bond acceptors (Lipinski definition) is 5. The molecule has 0 radical (unpaired) electrons. The van der Waals surface area contributed by atoms with Crippen LogP contribution < -0.4 is 11.1 Å². The lowest BCUT2D eigenvalue weighted by Gasteiger charge is -2.16. The zero-order chi connectivity index (χ0) is 16.2. The number of amides is 2. The van der Waals surface area contributed by atoms with Gasteiger partial charge >= 0.3 is 0 Å². The zero-order valence-electron chi connectivity index (χ0n) is 13.4.